The zero-order chi connectivity index (χ0) is 14.1. The predicted octanol–water partition coefficient (Wildman–Crippen LogP) is 4.92. The Labute approximate surface area is 125 Å². The standard InChI is InChI=1S/C15H10Cl2N2O/c16-12-7-10(18)8-13(17)15(12)20-11-3-4-14-9(6-11)2-1-5-19-14/h1-8H,18H2. The summed E-state index contributed by atoms with van der Waals surface area (Å²) in [5, 5.41) is 1.73. The van der Waals surface area contributed by atoms with Crippen LogP contribution in [0.4, 0.5) is 5.69 Å². The first-order valence-corrected chi connectivity index (χ1v) is 6.66. The number of nitrogen functional groups attached to an aromatic ring is 1. The van der Waals surface area contributed by atoms with Gasteiger partial charge in [0.2, 0.25) is 0 Å². The highest BCUT2D eigenvalue weighted by atomic mass is 35.5. The quantitative estimate of drug-likeness (QED) is 0.684. The highest BCUT2D eigenvalue weighted by Gasteiger charge is 2.10. The topological polar surface area (TPSA) is 48.1 Å². The molecule has 0 atom stereocenters. The van der Waals surface area contributed by atoms with E-state index >= 15 is 0 Å². The first-order valence-electron chi connectivity index (χ1n) is 5.90. The van der Waals surface area contributed by atoms with Gasteiger partial charge in [-0.2, -0.15) is 0 Å². The van der Waals surface area contributed by atoms with Gasteiger partial charge in [0, 0.05) is 17.3 Å². The van der Waals surface area contributed by atoms with Crippen LogP contribution in [0.1, 0.15) is 0 Å². The smallest absolute Gasteiger partial charge is 0.164 e. The summed E-state index contributed by atoms with van der Waals surface area (Å²) >= 11 is 12.2. The van der Waals surface area contributed by atoms with Gasteiger partial charge in [0.05, 0.1) is 15.6 Å². The lowest BCUT2D eigenvalue weighted by molar-refractivity contribution is 0.484. The maximum absolute atomic E-state index is 6.10. The number of aromatic nitrogens is 1. The summed E-state index contributed by atoms with van der Waals surface area (Å²) in [4.78, 5) is 4.25. The third kappa shape index (κ3) is 2.50. The van der Waals surface area contributed by atoms with Crippen LogP contribution < -0.4 is 10.5 Å². The van der Waals surface area contributed by atoms with Crippen molar-refractivity contribution < 1.29 is 4.74 Å². The zero-order valence-corrected chi connectivity index (χ0v) is 11.8. The van der Waals surface area contributed by atoms with Gasteiger partial charge >= 0.3 is 0 Å². The van der Waals surface area contributed by atoms with Gasteiger partial charge in [-0.1, -0.05) is 29.3 Å². The molecule has 0 bridgehead atoms. The molecule has 0 aliphatic carbocycles. The lowest BCUT2D eigenvalue weighted by atomic mass is 10.2. The Morgan fingerprint density at radius 3 is 2.50 bits per heavy atom. The summed E-state index contributed by atoms with van der Waals surface area (Å²) in [6.07, 6.45) is 1.75. The van der Waals surface area contributed by atoms with Crippen molar-refractivity contribution in [2.75, 3.05) is 5.73 Å². The lowest BCUT2D eigenvalue weighted by Crippen LogP contribution is -1.90. The average Bonchev–Trinajstić information content (AvgIpc) is 2.42. The van der Waals surface area contributed by atoms with Gasteiger partial charge in [0.15, 0.2) is 5.75 Å². The highest BCUT2D eigenvalue weighted by Crippen LogP contribution is 2.38. The second-order valence-corrected chi connectivity index (χ2v) is 5.09. The number of anilines is 1. The summed E-state index contributed by atoms with van der Waals surface area (Å²) in [7, 11) is 0. The van der Waals surface area contributed by atoms with E-state index in [0.29, 0.717) is 27.2 Å². The number of fused-ring (bicyclic) bond motifs is 1. The average molecular weight is 305 g/mol. The number of hydrogen-bond donors (Lipinski definition) is 1. The molecule has 0 aliphatic heterocycles. The van der Waals surface area contributed by atoms with E-state index in [0.717, 1.165) is 10.9 Å². The molecule has 0 aliphatic rings. The van der Waals surface area contributed by atoms with Crippen molar-refractivity contribution in [2.45, 2.75) is 0 Å². The van der Waals surface area contributed by atoms with Gasteiger partial charge in [-0.25, -0.2) is 0 Å². The van der Waals surface area contributed by atoms with E-state index in [1.807, 2.05) is 30.3 Å². The van der Waals surface area contributed by atoms with E-state index < -0.39 is 0 Å². The number of hydrogen-bond acceptors (Lipinski definition) is 3. The Hall–Kier alpha value is -1.97. The number of rotatable bonds is 2. The molecular formula is C15H10Cl2N2O. The monoisotopic (exact) mass is 304 g/mol. The molecule has 1 aromatic heterocycles. The van der Waals surface area contributed by atoms with Crippen LogP contribution in [-0.2, 0) is 0 Å². The molecule has 100 valence electrons. The first-order chi connectivity index (χ1) is 9.63. The number of pyridine rings is 1. The zero-order valence-electron chi connectivity index (χ0n) is 10.3. The second kappa shape index (κ2) is 5.19. The summed E-state index contributed by atoms with van der Waals surface area (Å²) in [6, 6.07) is 12.6. The minimum absolute atomic E-state index is 0.376. The molecule has 0 fully saturated rings. The van der Waals surface area contributed by atoms with Crippen LogP contribution in [0.15, 0.2) is 48.7 Å². The Balaban J connectivity index is 2.01. The van der Waals surface area contributed by atoms with Gasteiger partial charge < -0.3 is 10.5 Å². The van der Waals surface area contributed by atoms with Crippen molar-refractivity contribution in [1.82, 2.24) is 4.98 Å². The minimum atomic E-state index is 0.376. The molecule has 3 aromatic rings. The van der Waals surface area contributed by atoms with Crippen molar-refractivity contribution in [2.24, 2.45) is 0 Å². The SMILES string of the molecule is Nc1cc(Cl)c(Oc2ccc3ncccc3c2)c(Cl)c1. The molecular weight excluding hydrogens is 295 g/mol. The normalized spacial score (nSPS) is 10.7. The Morgan fingerprint density at radius 2 is 1.75 bits per heavy atom. The Morgan fingerprint density at radius 1 is 1.00 bits per heavy atom. The molecule has 0 amide bonds. The minimum Gasteiger partial charge on any atom is -0.454 e. The van der Waals surface area contributed by atoms with Crippen LogP contribution >= 0.6 is 23.2 Å². The summed E-state index contributed by atoms with van der Waals surface area (Å²) < 4.78 is 5.76. The van der Waals surface area contributed by atoms with E-state index in [2.05, 4.69) is 4.98 Å². The summed E-state index contributed by atoms with van der Waals surface area (Å²) in [5.41, 5.74) is 7.06. The number of halogens is 2. The molecule has 0 saturated heterocycles. The van der Waals surface area contributed by atoms with Gasteiger partial charge in [0.1, 0.15) is 5.75 Å². The molecule has 2 aromatic carbocycles. The molecule has 3 rings (SSSR count). The van der Waals surface area contributed by atoms with Gasteiger partial charge in [-0.15, -0.1) is 0 Å². The molecule has 5 heteroatoms. The maximum atomic E-state index is 6.10. The van der Waals surface area contributed by atoms with E-state index in [1.54, 1.807) is 18.3 Å². The highest BCUT2D eigenvalue weighted by molar-refractivity contribution is 6.37. The second-order valence-electron chi connectivity index (χ2n) is 4.27. The summed E-state index contributed by atoms with van der Waals surface area (Å²) in [6.45, 7) is 0. The van der Waals surface area contributed by atoms with E-state index in [9.17, 15) is 0 Å². The van der Waals surface area contributed by atoms with Crippen LogP contribution in [-0.4, -0.2) is 4.98 Å². The van der Waals surface area contributed by atoms with Crippen molar-refractivity contribution in [3.8, 4) is 11.5 Å². The van der Waals surface area contributed by atoms with Gasteiger partial charge in [-0.05, 0) is 36.4 Å². The fourth-order valence-corrected chi connectivity index (χ4v) is 2.49. The van der Waals surface area contributed by atoms with Crippen LogP contribution in [0.5, 0.6) is 11.5 Å². The van der Waals surface area contributed by atoms with Crippen molar-refractivity contribution >= 4 is 39.8 Å². The van der Waals surface area contributed by atoms with Crippen molar-refractivity contribution in [3.05, 3.63) is 58.7 Å². The van der Waals surface area contributed by atoms with E-state index in [4.69, 9.17) is 33.7 Å². The van der Waals surface area contributed by atoms with Crippen molar-refractivity contribution in [1.29, 1.82) is 0 Å². The van der Waals surface area contributed by atoms with E-state index in [1.165, 1.54) is 0 Å². The van der Waals surface area contributed by atoms with Crippen molar-refractivity contribution in [3.63, 3.8) is 0 Å². The van der Waals surface area contributed by atoms with Crippen LogP contribution in [0, 0.1) is 0 Å². The number of nitrogens with zero attached hydrogens (tertiary/aromatic N) is 1. The molecule has 3 nitrogen and oxygen atoms in total. The molecule has 0 unspecified atom stereocenters. The fourth-order valence-electron chi connectivity index (χ4n) is 1.91. The molecule has 0 radical (unpaired) electrons. The first kappa shape index (κ1) is 13.0. The molecule has 20 heavy (non-hydrogen) atoms. The number of nitrogens with two attached hydrogens (primary N) is 1. The molecule has 0 spiro atoms. The number of benzene rings is 2. The van der Waals surface area contributed by atoms with E-state index in [-0.39, 0.29) is 0 Å². The fraction of sp³-hybridized carbons (Fsp3) is 0. The third-order valence-electron chi connectivity index (χ3n) is 2.81. The lowest BCUT2D eigenvalue weighted by Gasteiger charge is -2.10. The Kier molecular flexibility index (Phi) is 3.38. The molecule has 2 N–H and O–H groups in total. The molecule has 0 saturated carbocycles. The number of ether oxygens (including phenoxy) is 1. The molecule has 1 heterocycles. The van der Waals surface area contributed by atoms with Crippen LogP contribution in [0.25, 0.3) is 10.9 Å². The van der Waals surface area contributed by atoms with Crippen LogP contribution in [0.2, 0.25) is 10.0 Å². The predicted molar refractivity (Wildman–Crippen MR) is 82.7 cm³/mol. The van der Waals surface area contributed by atoms with Gasteiger partial charge in [-0.3, -0.25) is 4.98 Å². The third-order valence-corrected chi connectivity index (χ3v) is 3.38. The Bertz CT molecular complexity index is 767. The van der Waals surface area contributed by atoms with Gasteiger partial charge in [0.25, 0.3) is 0 Å². The maximum Gasteiger partial charge on any atom is 0.164 e. The summed E-state index contributed by atoms with van der Waals surface area (Å²) in [5.74, 6) is 1.03. The largest absolute Gasteiger partial charge is 0.454 e. The van der Waals surface area contributed by atoms with Crippen LogP contribution in [0.3, 0.4) is 0 Å².